The van der Waals surface area contributed by atoms with E-state index in [1.54, 1.807) is 19.4 Å². The van der Waals surface area contributed by atoms with Gasteiger partial charge in [0.2, 0.25) is 5.56 Å². The van der Waals surface area contributed by atoms with Gasteiger partial charge in [-0.1, -0.05) is 36.4 Å². The molecule has 2 aromatic carbocycles. The molecule has 0 aliphatic rings. The van der Waals surface area contributed by atoms with Crippen molar-refractivity contribution >= 4 is 5.95 Å². The number of pyridine rings is 1. The lowest BCUT2D eigenvalue weighted by Gasteiger charge is -2.17. The van der Waals surface area contributed by atoms with Crippen LogP contribution in [0, 0.1) is 0 Å². The van der Waals surface area contributed by atoms with Crippen LogP contribution in [0.5, 0.6) is 5.75 Å². The minimum atomic E-state index is -0.109. The van der Waals surface area contributed by atoms with Crippen LogP contribution < -0.4 is 16.0 Å². The SMILES string of the molecule is COc1ccc(C(Cc2cccc(-c3ccc(=O)[nH]c3)c2)c2cn(C)c(N)n2)cc1. The molecule has 3 N–H and O–H groups in total. The molecular formula is C24H24N4O2. The average molecular weight is 400 g/mol. The molecule has 0 aliphatic heterocycles. The van der Waals surface area contributed by atoms with E-state index in [9.17, 15) is 4.79 Å². The molecule has 152 valence electrons. The number of benzene rings is 2. The molecule has 6 heteroatoms. The van der Waals surface area contributed by atoms with Crippen molar-refractivity contribution in [3.63, 3.8) is 0 Å². The molecule has 30 heavy (non-hydrogen) atoms. The van der Waals surface area contributed by atoms with E-state index in [-0.39, 0.29) is 11.5 Å². The maximum atomic E-state index is 11.4. The minimum Gasteiger partial charge on any atom is -0.497 e. The summed E-state index contributed by atoms with van der Waals surface area (Å²) in [6, 6.07) is 19.8. The first-order chi connectivity index (χ1) is 14.5. The highest BCUT2D eigenvalue weighted by atomic mass is 16.5. The lowest BCUT2D eigenvalue weighted by Crippen LogP contribution is -2.06. The van der Waals surface area contributed by atoms with Crippen LogP contribution in [0.3, 0.4) is 0 Å². The summed E-state index contributed by atoms with van der Waals surface area (Å²) in [6.45, 7) is 0. The zero-order chi connectivity index (χ0) is 21.1. The Morgan fingerprint density at radius 1 is 1.10 bits per heavy atom. The van der Waals surface area contributed by atoms with Gasteiger partial charge in [0.05, 0.1) is 12.8 Å². The number of nitrogens with zero attached hydrogens (tertiary/aromatic N) is 2. The quantitative estimate of drug-likeness (QED) is 0.516. The van der Waals surface area contributed by atoms with Gasteiger partial charge in [-0.15, -0.1) is 0 Å². The zero-order valence-electron chi connectivity index (χ0n) is 17.0. The molecule has 0 saturated heterocycles. The van der Waals surface area contributed by atoms with E-state index < -0.39 is 0 Å². The fourth-order valence-corrected chi connectivity index (χ4v) is 3.61. The number of hydrogen-bond acceptors (Lipinski definition) is 4. The van der Waals surface area contributed by atoms with E-state index in [0.29, 0.717) is 5.95 Å². The Labute approximate surface area is 175 Å². The van der Waals surface area contributed by atoms with Gasteiger partial charge in [0.25, 0.3) is 0 Å². The Balaban J connectivity index is 1.70. The highest BCUT2D eigenvalue weighted by Crippen LogP contribution is 2.31. The molecule has 2 heterocycles. The van der Waals surface area contributed by atoms with Gasteiger partial charge in [-0.25, -0.2) is 4.98 Å². The Bertz CT molecular complexity index is 1170. The first-order valence-corrected chi connectivity index (χ1v) is 9.74. The van der Waals surface area contributed by atoms with Gasteiger partial charge in [-0.3, -0.25) is 4.79 Å². The van der Waals surface area contributed by atoms with Crippen molar-refractivity contribution < 1.29 is 4.74 Å². The number of rotatable bonds is 6. The molecule has 2 aromatic heterocycles. The molecule has 0 bridgehead atoms. The molecule has 0 saturated carbocycles. The number of nitrogens with one attached hydrogen (secondary N) is 1. The van der Waals surface area contributed by atoms with Crippen molar-refractivity contribution in [3.8, 4) is 16.9 Å². The highest BCUT2D eigenvalue weighted by molar-refractivity contribution is 5.63. The van der Waals surface area contributed by atoms with Gasteiger partial charge in [0.1, 0.15) is 5.75 Å². The second-order valence-corrected chi connectivity index (χ2v) is 7.31. The Morgan fingerprint density at radius 2 is 1.90 bits per heavy atom. The fraction of sp³-hybridized carbons (Fsp3) is 0.167. The third-order valence-electron chi connectivity index (χ3n) is 5.29. The van der Waals surface area contributed by atoms with E-state index in [2.05, 4.69) is 34.2 Å². The maximum Gasteiger partial charge on any atom is 0.247 e. The van der Waals surface area contributed by atoms with Gasteiger partial charge in [0.15, 0.2) is 5.95 Å². The van der Waals surface area contributed by atoms with Crippen LogP contribution in [0.15, 0.2) is 77.9 Å². The molecule has 6 nitrogen and oxygen atoms in total. The second-order valence-electron chi connectivity index (χ2n) is 7.31. The largest absolute Gasteiger partial charge is 0.497 e. The lowest BCUT2D eigenvalue weighted by molar-refractivity contribution is 0.414. The highest BCUT2D eigenvalue weighted by Gasteiger charge is 2.19. The summed E-state index contributed by atoms with van der Waals surface area (Å²) in [6.07, 6.45) is 4.48. The number of ether oxygens (including phenoxy) is 1. The molecule has 0 amide bonds. The Hall–Kier alpha value is -3.80. The van der Waals surface area contributed by atoms with Gasteiger partial charge < -0.3 is 20.0 Å². The maximum absolute atomic E-state index is 11.4. The van der Waals surface area contributed by atoms with Crippen molar-refractivity contribution in [3.05, 3.63) is 100 Å². The summed E-state index contributed by atoms with van der Waals surface area (Å²) < 4.78 is 7.14. The van der Waals surface area contributed by atoms with Crippen molar-refractivity contribution in [2.24, 2.45) is 7.05 Å². The normalized spacial score (nSPS) is 11.9. The summed E-state index contributed by atoms with van der Waals surface area (Å²) in [5.41, 5.74) is 11.2. The smallest absolute Gasteiger partial charge is 0.247 e. The van der Waals surface area contributed by atoms with E-state index >= 15 is 0 Å². The van der Waals surface area contributed by atoms with Gasteiger partial charge >= 0.3 is 0 Å². The number of H-pyrrole nitrogens is 1. The van der Waals surface area contributed by atoms with Crippen LogP contribution in [0.1, 0.15) is 22.7 Å². The molecule has 1 unspecified atom stereocenters. The number of hydrogen-bond donors (Lipinski definition) is 2. The summed E-state index contributed by atoms with van der Waals surface area (Å²) in [7, 11) is 3.56. The van der Waals surface area contributed by atoms with E-state index in [1.165, 1.54) is 5.56 Å². The third-order valence-corrected chi connectivity index (χ3v) is 5.29. The number of aromatic nitrogens is 3. The fourth-order valence-electron chi connectivity index (χ4n) is 3.61. The van der Waals surface area contributed by atoms with E-state index in [1.807, 2.05) is 48.1 Å². The summed E-state index contributed by atoms with van der Waals surface area (Å²) in [5.74, 6) is 1.36. The number of aryl methyl sites for hydroxylation is 1. The molecule has 0 fully saturated rings. The van der Waals surface area contributed by atoms with Crippen LogP contribution in [0.25, 0.3) is 11.1 Å². The Morgan fingerprint density at radius 3 is 2.53 bits per heavy atom. The van der Waals surface area contributed by atoms with Crippen molar-refractivity contribution in [2.45, 2.75) is 12.3 Å². The predicted molar refractivity (Wildman–Crippen MR) is 119 cm³/mol. The predicted octanol–water partition coefficient (Wildman–Crippen LogP) is 3.74. The number of nitrogen functional groups attached to an aromatic ring is 1. The van der Waals surface area contributed by atoms with Crippen LogP contribution >= 0.6 is 0 Å². The topological polar surface area (TPSA) is 85.9 Å². The number of methoxy groups -OCH3 is 1. The zero-order valence-corrected chi connectivity index (χ0v) is 17.0. The monoisotopic (exact) mass is 400 g/mol. The first-order valence-electron chi connectivity index (χ1n) is 9.74. The van der Waals surface area contributed by atoms with E-state index in [0.717, 1.165) is 34.6 Å². The molecule has 4 aromatic rings. The first kappa shape index (κ1) is 19.5. The molecular weight excluding hydrogens is 376 g/mol. The number of anilines is 1. The van der Waals surface area contributed by atoms with Gasteiger partial charge in [-0.05, 0) is 46.9 Å². The lowest BCUT2D eigenvalue weighted by atomic mass is 9.88. The third kappa shape index (κ3) is 4.12. The molecule has 1 atom stereocenters. The van der Waals surface area contributed by atoms with Crippen LogP contribution in [-0.4, -0.2) is 21.6 Å². The second kappa shape index (κ2) is 8.29. The molecule has 0 aliphatic carbocycles. The summed E-state index contributed by atoms with van der Waals surface area (Å²) in [4.78, 5) is 18.7. The van der Waals surface area contributed by atoms with Crippen molar-refractivity contribution in [1.29, 1.82) is 0 Å². The molecule has 0 radical (unpaired) electrons. The van der Waals surface area contributed by atoms with Crippen LogP contribution in [0.2, 0.25) is 0 Å². The Kier molecular flexibility index (Phi) is 5.39. The minimum absolute atomic E-state index is 0.0465. The number of nitrogens with two attached hydrogens (primary N) is 1. The molecule has 0 spiro atoms. The van der Waals surface area contributed by atoms with E-state index in [4.69, 9.17) is 10.5 Å². The van der Waals surface area contributed by atoms with Crippen LogP contribution in [0.4, 0.5) is 5.95 Å². The number of aromatic amines is 1. The van der Waals surface area contributed by atoms with Crippen LogP contribution in [-0.2, 0) is 13.5 Å². The van der Waals surface area contributed by atoms with Gasteiger partial charge in [-0.2, -0.15) is 0 Å². The van der Waals surface area contributed by atoms with Crippen molar-refractivity contribution in [2.75, 3.05) is 12.8 Å². The molecule has 4 rings (SSSR count). The standard InChI is InChI=1S/C24H24N4O2/c1-28-15-22(27-24(28)25)21(17-6-9-20(30-2)10-7-17)13-16-4-3-5-18(12-16)19-8-11-23(29)26-14-19/h3-12,14-15,21H,13H2,1-2H3,(H2,25,27)(H,26,29). The summed E-state index contributed by atoms with van der Waals surface area (Å²) >= 11 is 0. The average Bonchev–Trinajstić information content (AvgIpc) is 3.11. The van der Waals surface area contributed by atoms with Gasteiger partial charge in [0, 0.05) is 31.4 Å². The number of imidazole rings is 1. The van der Waals surface area contributed by atoms with Crippen molar-refractivity contribution in [1.82, 2.24) is 14.5 Å². The summed E-state index contributed by atoms with van der Waals surface area (Å²) in [5, 5.41) is 0.